The molecule has 74 heavy (non-hydrogen) atoms. The summed E-state index contributed by atoms with van der Waals surface area (Å²) in [6.45, 7) is 4.63. The number of rotatable bonds is 55. The third-order valence-corrected chi connectivity index (χ3v) is 12.9. The van der Waals surface area contributed by atoms with E-state index in [4.69, 9.17) is 18.9 Å². The molecule has 2 atom stereocenters. The van der Waals surface area contributed by atoms with Gasteiger partial charge in [0.05, 0.1) is 40.3 Å². The second kappa shape index (κ2) is 55.7. The van der Waals surface area contributed by atoms with Crippen LogP contribution in [0.1, 0.15) is 251 Å². The number of nitrogens with zero attached hydrogens (tertiary/aromatic N) is 1. The molecule has 9 nitrogen and oxygen atoms in total. The molecule has 2 unspecified atom stereocenters. The standard InChI is InChI=1S/C65H113NO8/c1-6-8-10-12-14-16-18-20-22-24-25-26-27-28-29-30-31-32-33-34-35-36-37-38-39-40-42-44-46-48-50-52-54-56-63(68)74-61(60-73-65(64(69)70)71-58-57-66(3,4)5)59-72-62(67)55-53-51-49-47-45-43-41-23-21-19-17-15-13-11-9-7-2/h8,10,14,16,20,22-23,25-26,28-29,31-32,41,61,65H,6-7,9,11-13,15,17-19,21,24,27,30,33-40,42-60H2,1-5H3/b10-8-,16-14-,22-20-,26-25-,29-28-,32-31-,41-23-. The molecule has 0 aromatic heterocycles. The minimum absolute atomic E-state index is 0.144. The van der Waals surface area contributed by atoms with Crippen LogP contribution in [0.25, 0.3) is 0 Å². The summed E-state index contributed by atoms with van der Waals surface area (Å²) in [5.41, 5.74) is 0. The van der Waals surface area contributed by atoms with Crippen LogP contribution in [0.4, 0.5) is 0 Å². The van der Waals surface area contributed by atoms with Gasteiger partial charge < -0.3 is 33.3 Å². The van der Waals surface area contributed by atoms with Gasteiger partial charge >= 0.3 is 11.9 Å². The molecule has 0 heterocycles. The molecule has 0 N–H and O–H groups in total. The number of carbonyl (C=O) groups excluding carboxylic acids is 3. The predicted octanol–water partition coefficient (Wildman–Crippen LogP) is 16.6. The predicted molar refractivity (Wildman–Crippen MR) is 311 cm³/mol. The van der Waals surface area contributed by atoms with Gasteiger partial charge in [0.2, 0.25) is 0 Å². The zero-order chi connectivity index (χ0) is 54.1. The third-order valence-electron chi connectivity index (χ3n) is 12.9. The molecule has 0 aliphatic rings. The lowest BCUT2D eigenvalue weighted by Gasteiger charge is -2.26. The number of carboxylic acids is 1. The Bertz CT molecular complexity index is 1490. The van der Waals surface area contributed by atoms with Gasteiger partial charge in [-0.2, -0.15) is 0 Å². The largest absolute Gasteiger partial charge is 0.545 e. The van der Waals surface area contributed by atoms with Crippen molar-refractivity contribution in [3.63, 3.8) is 0 Å². The van der Waals surface area contributed by atoms with Crippen LogP contribution in [-0.2, 0) is 33.3 Å². The summed E-state index contributed by atoms with van der Waals surface area (Å²) in [6, 6.07) is 0. The maximum Gasteiger partial charge on any atom is 0.306 e. The van der Waals surface area contributed by atoms with Gasteiger partial charge in [0.15, 0.2) is 12.4 Å². The van der Waals surface area contributed by atoms with Crippen LogP contribution in [0.3, 0.4) is 0 Å². The quantitative estimate of drug-likeness (QED) is 0.0195. The molecule has 0 spiro atoms. The number of esters is 2. The third kappa shape index (κ3) is 56.2. The van der Waals surface area contributed by atoms with Crippen molar-refractivity contribution >= 4 is 17.9 Å². The van der Waals surface area contributed by atoms with Crippen molar-refractivity contribution in [1.82, 2.24) is 0 Å². The highest BCUT2D eigenvalue weighted by atomic mass is 16.7. The molecule has 0 amide bonds. The Labute approximate surface area is 455 Å². The van der Waals surface area contributed by atoms with E-state index in [1.165, 1.54) is 122 Å². The summed E-state index contributed by atoms with van der Waals surface area (Å²) in [5.74, 6) is -2.29. The lowest BCUT2D eigenvalue weighted by Crippen LogP contribution is -2.44. The first-order valence-electron chi connectivity index (χ1n) is 30.2. The molecule has 0 fully saturated rings. The number of unbranched alkanes of at least 4 members (excludes halogenated alkanes) is 26. The summed E-state index contributed by atoms with van der Waals surface area (Å²) in [7, 11) is 5.92. The van der Waals surface area contributed by atoms with E-state index in [9.17, 15) is 19.5 Å². The Morgan fingerprint density at radius 2 is 0.770 bits per heavy atom. The highest BCUT2D eigenvalue weighted by Gasteiger charge is 2.22. The van der Waals surface area contributed by atoms with Gasteiger partial charge in [-0.15, -0.1) is 0 Å². The molecule has 0 aromatic carbocycles. The van der Waals surface area contributed by atoms with Crippen LogP contribution in [0.5, 0.6) is 0 Å². The van der Waals surface area contributed by atoms with Crippen molar-refractivity contribution < 1.29 is 42.9 Å². The summed E-state index contributed by atoms with van der Waals surface area (Å²) in [6.07, 6.45) is 70.7. The van der Waals surface area contributed by atoms with Gasteiger partial charge in [0.25, 0.3) is 0 Å². The molecule has 0 aromatic rings. The number of quaternary nitrogens is 1. The number of allylic oxidation sites excluding steroid dienone is 14. The second-order valence-corrected chi connectivity index (χ2v) is 21.3. The van der Waals surface area contributed by atoms with Gasteiger partial charge in [0, 0.05) is 12.8 Å². The Morgan fingerprint density at radius 1 is 0.419 bits per heavy atom. The number of hydrogen-bond acceptors (Lipinski definition) is 8. The van der Waals surface area contributed by atoms with E-state index in [-0.39, 0.29) is 38.6 Å². The second-order valence-electron chi connectivity index (χ2n) is 21.3. The molecule has 0 saturated carbocycles. The van der Waals surface area contributed by atoms with E-state index in [0.29, 0.717) is 17.4 Å². The zero-order valence-electron chi connectivity index (χ0n) is 48.4. The number of aliphatic carboxylic acids is 1. The van der Waals surface area contributed by atoms with Gasteiger partial charge in [-0.1, -0.05) is 234 Å². The van der Waals surface area contributed by atoms with E-state index >= 15 is 0 Å². The van der Waals surface area contributed by atoms with E-state index in [1.54, 1.807) is 0 Å². The Balaban J connectivity index is 4.16. The summed E-state index contributed by atoms with van der Waals surface area (Å²) in [4.78, 5) is 37.3. The molecule has 0 rings (SSSR count). The van der Waals surface area contributed by atoms with Crippen molar-refractivity contribution in [2.75, 3.05) is 47.5 Å². The van der Waals surface area contributed by atoms with Crippen molar-refractivity contribution in [1.29, 1.82) is 0 Å². The Morgan fingerprint density at radius 3 is 1.16 bits per heavy atom. The number of hydrogen-bond donors (Lipinski definition) is 0. The van der Waals surface area contributed by atoms with Crippen molar-refractivity contribution in [3.8, 4) is 0 Å². The monoisotopic (exact) mass is 1040 g/mol. The zero-order valence-corrected chi connectivity index (χ0v) is 48.4. The summed E-state index contributed by atoms with van der Waals surface area (Å²) < 4.78 is 22.7. The van der Waals surface area contributed by atoms with E-state index < -0.39 is 24.3 Å². The van der Waals surface area contributed by atoms with Gasteiger partial charge in [0.1, 0.15) is 13.2 Å². The topological polar surface area (TPSA) is 111 Å². The highest BCUT2D eigenvalue weighted by molar-refractivity contribution is 5.70. The van der Waals surface area contributed by atoms with E-state index in [1.807, 2.05) is 21.1 Å². The molecule has 426 valence electrons. The fourth-order valence-corrected chi connectivity index (χ4v) is 8.24. The van der Waals surface area contributed by atoms with Crippen LogP contribution in [0.15, 0.2) is 85.1 Å². The molecule has 0 aliphatic carbocycles. The van der Waals surface area contributed by atoms with Crippen LogP contribution >= 0.6 is 0 Å². The molecule has 0 radical (unpaired) electrons. The van der Waals surface area contributed by atoms with Gasteiger partial charge in [-0.3, -0.25) is 9.59 Å². The van der Waals surface area contributed by atoms with Gasteiger partial charge in [-0.05, 0) is 89.9 Å². The first kappa shape index (κ1) is 70.5. The van der Waals surface area contributed by atoms with Crippen LogP contribution in [0.2, 0.25) is 0 Å². The minimum atomic E-state index is -1.63. The smallest absolute Gasteiger partial charge is 0.306 e. The normalized spacial score (nSPS) is 13.4. The lowest BCUT2D eigenvalue weighted by atomic mass is 10.0. The fourth-order valence-electron chi connectivity index (χ4n) is 8.24. The molecular formula is C65H113NO8. The van der Waals surface area contributed by atoms with Crippen molar-refractivity contribution in [2.45, 2.75) is 264 Å². The first-order valence-corrected chi connectivity index (χ1v) is 30.2. The Kier molecular flexibility index (Phi) is 53.0. The maximum absolute atomic E-state index is 12.9. The summed E-state index contributed by atoms with van der Waals surface area (Å²) >= 11 is 0. The summed E-state index contributed by atoms with van der Waals surface area (Å²) in [5, 5.41) is 11.8. The number of ether oxygens (including phenoxy) is 4. The molecule has 0 bridgehead atoms. The highest BCUT2D eigenvalue weighted by Crippen LogP contribution is 2.16. The average molecular weight is 1040 g/mol. The average Bonchev–Trinajstić information content (AvgIpc) is 3.37. The van der Waals surface area contributed by atoms with Crippen LogP contribution < -0.4 is 5.11 Å². The first-order chi connectivity index (χ1) is 36.1. The van der Waals surface area contributed by atoms with Gasteiger partial charge in [-0.25, -0.2) is 0 Å². The van der Waals surface area contributed by atoms with E-state index in [0.717, 1.165) is 96.3 Å². The van der Waals surface area contributed by atoms with E-state index in [2.05, 4.69) is 98.9 Å². The van der Waals surface area contributed by atoms with Crippen molar-refractivity contribution in [3.05, 3.63) is 85.1 Å². The van der Waals surface area contributed by atoms with Crippen LogP contribution in [0, 0.1) is 0 Å². The SMILES string of the molecule is CC/C=C\C/C=C\C/C=C\C/C=C\C/C=C\C/C=C\CCCCCCCCCCCCCCCCC(=O)OC(COC(=O)CCCCCCC/C=C\CCCCCCCCC)COC(OCC[N+](C)(C)C)C(=O)[O-]. The minimum Gasteiger partial charge on any atom is -0.545 e. The number of carboxylic acid groups (broad SMARTS) is 1. The Hall–Kier alpha value is -3.53. The lowest BCUT2D eigenvalue weighted by molar-refractivity contribution is -0.870. The fraction of sp³-hybridized carbons (Fsp3) is 0.738. The maximum atomic E-state index is 12.9. The van der Waals surface area contributed by atoms with Crippen LogP contribution in [-0.4, -0.2) is 82.3 Å². The number of carbonyl (C=O) groups is 3. The number of likely N-dealkylation sites (N-methyl/N-ethyl adjacent to an activating group) is 1. The molecule has 0 saturated heterocycles. The molecular weight excluding hydrogens is 923 g/mol. The molecule has 0 aliphatic heterocycles. The molecule has 9 heteroatoms. The van der Waals surface area contributed by atoms with Crippen molar-refractivity contribution in [2.24, 2.45) is 0 Å².